The van der Waals surface area contributed by atoms with E-state index in [2.05, 4.69) is 0 Å². The third-order valence-electron chi connectivity index (χ3n) is 2.66. The van der Waals surface area contributed by atoms with Crippen LogP contribution < -0.4 is 9.47 Å². The van der Waals surface area contributed by atoms with Crippen molar-refractivity contribution >= 4 is 0 Å². The SMILES string of the molecule is N#Cc1ccc(OCc2ccccc2)c(OCCO)c1. The second kappa shape index (κ2) is 7.17. The highest BCUT2D eigenvalue weighted by molar-refractivity contribution is 5.46. The highest BCUT2D eigenvalue weighted by Crippen LogP contribution is 2.29. The van der Waals surface area contributed by atoms with E-state index in [4.69, 9.17) is 19.8 Å². The van der Waals surface area contributed by atoms with E-state index in [0.29, 0.717) is 23.7 Å². The van der Waals surface area contributed by atoms with Gasteiger partial charge < -0.3 is 14.6 Å². The average molecular weight is 269 g/mol. The molecule has 2 aromatic carbocycles. The molecule has 0 saturated heterocycles. The molecule has 4 heteroatoms. The number of nitriles is 1. The number of aliphatic hydroxyl groups excluding tert-OH is 1. The van der Waals surface area contributed by atoms with Gasteiger partial charge in [0.2, 0.25) is 0 Å². The molecule has 102 valence electrons. The minimum Gasteiger partial charge on any atom is -0.487 e. The zero-order valence-corrected chi connectivity index (χ0v) is 11.0. The molecule has 2 aromatic rings. The van der Waals surface area contributed by atoms with Gasteiger partial charge in [0.15, 0.2) is 11.5 Å². The predicted octanol–water partition coefficient (Wildman–Crippen LogP) is 2.51. The van der Waals surface area contributed by atoms with Crippen LogP contribution in [0.1, 0.15) is 11.1 Å². The van der Waals surface area contributed by atoms with Gasteiger partial charge in [-0.15, -0.1) is 0 Å². The lowest BCUT2D eigenvalue weighted by atomic mass is 10.2. The Hall–Kier alpha value is -2.51. The van der Waals surface area contributed by atoms with Crippen molar-refractivity contribution in [2.24, 2.45) is 0 Å². The lowest BCUT2D eigenvalue weighted by Gasteiger charge is -2.12. The number of benzene rings is 2. The van der Waals surface area contributed by atoms with Gasteiger partial charge in [-0.1, -0.05) is 30.3 Å². The first-order chi connectivity index (χ1) is 9.83. The lowest BCUT2D eigenvalue weighted by molar-refractivity contribution is 0.192. The Morgan fingerprint density at radius 2 is 1.80 bits per heavy atom. The fourth-order valence-corrected chi connectivity index (χ4v) is 1.70. The van der Waals surface area contributed by atoms with Crippen molar-refractivity contribution in [3.8, 4) is 17.6 Å². The molecular formula is C16H15NO3. The first-order valence-electron chi connectivity index (χ1n) is 6.28. The maximum Gasteiger partial charge on any atom is 0.162 e. The van der Waals surface area contributed by atoms with Crippen LogP contribution in [-0.4, -0.2) is 18.3 Å². The van der Waals surface area contributed by atoms with Gasteiger partial charge in [0.25, 0.3) is 0 Å². The van der Waals surface area contributed by atoms with Crippen LogP contribution in [0.3, 0.4) is 0 Å². The molecule has 0 radical (unpaired) electrons. The van der Waals surface area contributed by atoms with Crippen LogP contribution in [0, 0.1) is 11.3 Å². The molecule has 4 nitrogen and oxygen atoms in total. The summed E-state index contributed by atoms with van der Waals surface area (Å²) in [4.78, 5) is 0. The number of ether oxygens (including phenoxy) is 2. The third-order valence-corrected chi connectivity index (χ3v) is 2.66. The van der Waals surface area contributed by atoms with Crippen molar-refractivity contribution < 1.29 is 14.6 Å². The Labute approximate surface area is 117 Å². The van der Waals surface area contributed by atoms with Crippen molar-refractivity contribution in [2.75, 3.05) is 13.2 Å². The second-order valence-corrected chi connectivity index (χ2v) is 4.12. The first-order valence-corrected chi connectivity index (χ1v) is 6.28. The molecule has 0 spiro atoms. The van der Waals surface area contributed by atoms with Crippen molar-refractivity contribution in [2.45, 2.75) is 6.61 Å². The van der Waals surface area contributed by atoms with Gasteiger partial charge in [0.1, 0.15) is 13.2 Å². The van der Waals surface area contributed by atoms with Crippen molar-refractivity contribution in [1.82, 2.24) is 0 Å². The smallest absolute Gasteiger partial charge is 0.162 e. The average Bonchev–Trinajstić information content (AvgIpc) is 2.52. The van der Waals surface area contributed by atoms with E-state index in [0.717, 1.165) is 5.56 Å². The van der Waals surface area contributed by atoms with E-state index >= 15 is 0 Å². The lowest BCUT2D eigenvalue weighted by Crippen LogP contribution is -2.04. The van der Waals surface area contributed by atoms with Crippen LogP contribution in [0.25, 0.3) is 0 Å². The minimum absolute atomic E-state index is 0.0884. The molecule has 1 N–H and O–H groups in total. The molecule has 20 heavy (non-hydrogen) atoms. The molecule has 0 unspecified atom stereocenters. The maximum absolute atomic E-state index is 8.89. The first kappa shape index (κ1) is 13.9. The zero-order valence-electron chi connectivity index (χ0n) is 11.0. The summed E-state index contributed by atoms with van der Waals surface area (Å²) in [7, 11) is 0. The Morgan fingerprint density at radius 3 is 2.50 bits per heavy atom. The molecule has 0 aromatic heterocycles. The quantitative estimate of drug-likeness (QED) is 0.875. The summed E-state index contributed by atoms with van der Waals surface area (Å²) in [5.41, 5.74) is 1.54. The van der Waals surface area contributed by atoms with Gasteiger partial charge in [-0.25, -0.2) is 0 Å². The number of hydrogen-bond donors (Lipinski definition) is 1. The Morgan fingerprint density at radius 1 is 1.00 bits per heavy atom. The molecule has 0 atom stereocenters. The van der Waals surface area contributed by atoms with Crippen LogP contribution >= 0.6 is 0 Å². The largest absolute Gasteiger partial charge is 0.487 e. The fourth-order valence-electron chi connectivity index (χ4n) is 1.70. The van der Waals surface area contributed by atoms with Crippen LogP contribution in [0.4, 0.5) is 0 Å². The standard InChI is InChI=1S/C16H15NO3/c17-11-14-6-7-15(16(10-14)19-9-8-18)20-12-13-4-2-1-3-5-13/h1-7,10,18H,8-9,12H2. The number of rotatable bonds is 6. The van der Waals surface area contributed by atoms with Crippen LogP contribution in [0.5, 0.6) is 11.5 Å². The summed E-state index contributed by atoms with van der Waals surface area (Å²) in [5, 5.41) is 17.7. The molecule has 0 aliphatic rings. The van der Waals surface area contributed by atoms with Crippen molar-refractivity contribution in [1.29, 1.82) is 5.26 Å². The zero-order chi connectivity index (χ0) is 14.2. The Balaban J connectivity index is 2.11. The monoisotopic (exact) mass is 269 g/mol. The van der Waals surface area contributed by atoms with Gasteiger partial charge in [-0.2, -0.15) is 5.26 Å². The molecule has 0 heterocycles. The summed E-state index contributed by atoms with van der Waals surface area (Å²) >= 11 is 0. The molecular weight excluding hydrogens is 254 g/mol. The molecule has 0 amide bonds. The van der Waals surface area contributed by atoms with Crippen molar-refractivity contribution in [3.05, 3.63) is 59.7 Å². The van der Waals surface area contributed by atoms with E-state index < -0.39 is 0 Å². The van der Waals surface area contributed by atoms with E-state index in [-0.39, 0.29) is 13.2 Å². The van der Waals surface area contributed by atoms with Crippen LogP contribution in [-0.2, 0) is 6.61 Å². The summed E-state index contributed by atoms with van der Waals surface area (Å²) < 4.78 is 11.1. The highest BCUT2D eigenvalue weighted by Gasteiger charge is 2.07. The Bertz CT molecular complexity index is 590. The second-order valence-electron chi connectivity index (χ2n) is 4.12. The summed E-state index contributed by atoms with van der Waals surface area (Å²) in [6.45, 7) is 0.494. The normalized spacial score (nSPS) is 9.80. The van der Waals surface area contributed by atoms with E-state index in [1.54, 1.807) is 18.2 Å². The summed E-state index contributed by atoms with van der Waals surface area (Å²) in [5.74, 6) is 1.02. The molecule has 0 aliphatic heterocycles. The van der Waals surface area contributed by atoms with Crippen molar-refractivity contribution in [3.63, 3.8) is 0 Å². The van der Waals surface area contributed by atoms with Gasteiger partial charge in [-0.05, 0) is 17.7 Å². The minimum atomic E-state index is -0.0884. The van der Waals surface area contributed by atoms with E-state index in [1.807, 2.05) is 36.4 Å². The summed E-state index contributed by atoms with van der Waals surface area (Å²) in [6, 6.07) is 16.8. The highest BCUT2D eigenvalue weighted by atomic mass is 16.5. The van der Waals surface area contributed by atoms with Crippen LogP contribution in [0.15, 0.2) is 48.5 Å². The third kappa shape index (κ3) is 3.74. The van der Waals surface area contributed by atoms with E-state index in [9.17, 15) is 0 Å². The predicted molar refractivity (Wildman–Crippen MR) is 74.5 cm³/mol. The molecule has 0 bridgehead atoms. The molecule has 0 aliphatic carbocycles. The van der Waals surface area contributed by atoms with Gasteiger partial charge in [-0.3, -0.25) is 0 Å². The van der Waals surface area contributed by atoms with Gasteiger partial charge >= 0.3 is 0 Å². The fraction of sp³-hybridized carbons (Fsp3) is 0.188. The van der Waals surface area contributed by atoms with Gasteiger partial charge in [0.05, 0.1) is 18.2 Å². The number of nitrogens with zero attached hydrogens (tertiary/aromatic N) is 1. The number of hydrogen-bond acceptors (Lipinski definition) is 4. The maximum atomic E-state index is 8.89. The number of aliphatic hydroxyl groups is 1. The Kier molecular flexibility index (Phi) is 4.99. The molecule has 0 saturated carbocycles. The topological polar surface area (TPSA) is 62.5 Å². The van der Waals surface area contributed by atoms with Crippen LogP contribution in [0.2, 0.25) is 0 Å². The van der Waals surface area contributed by atoms with E-state index in [1.165, 1.54) is 0 Å². The van der Waals surface area contributed by atoms with Gasteiger partial charge in [0, 0.05) is 6.07 Å². The molecule has 0 fully saturated rings. The summed E-state index contributed by atoms with van der Waals surface area (Å²) in [6.07, 6.45) is 0. The molecule has 2 rings (SSSR count).